The molecule has 3 rings (SSSR count). The monoisotopic (exact) mass is 457 g/mol. The number of carbonyl (C=O) groups excluding carboxylic acids is 2. The van der Waals surface area contributed by atoms with Crippen LogP contribution >= 0.6 is 0 Å². The molecule has 0 aromatic carbocycles. The predicted molar refractivity (Wildman–Crippen MR) is 118 cm³/mol. The minimum Gasteiger partial charge on any atom is -0.490 e. The van der Waals surface area contributed by atoms with Crippen molar-refractivity contribution < 1.29 is 18.7 Å². The Kier molecular flexibility index (Phi) is 8.50. The minimum absolute atomic E-state index is 0.0247. The first-order valence-corrected chi connectivity index (χ1v) is 10.7. The van der Waals surface area contributed by atoms with Crippen LogP contribution in [-0.4, -0.2) is 44.4 Å². The molecular weight excluding hydrogens is 429 g/mol. The molecular formula is C22H28FN7O3. The summed E-state index contributed by atoms with van der Waals surface area (Å²) in [5, 5.41) is 9.82. The van der Waals surface area contributed by atoms with E-state index in [1.165, 1.54) is 29.5 Å². The molecule has 1 aliphatic rings. The second kappa shape index (κ2) is 11.7. The average Bonchev–Trinajstić information content (AvgIpc) is 3.21. The number of aldehydes is 1. The Morgan fingerprint density at radius 1 is 1.36 bits per heavy atom. The summed E-state index contributed by atoms with van der Waals surface area (Å²) in [6.07, 6.45) is 9.30. The topological polar surface area (TPSA) is 151 Å². The molecule has 2 aromatic heterocycles. The molecule has 0 radical (unpaired) electrons. The van der Waals surface area contributed by atoms with Gasteiger partial charge in [0.15, 0.2) is 6.29 Å². The highest BCUT2D eigenvalue weighted by Gasteiger charge is 2.19. The van der Waals surface area contributed by atoms with Crippen LogP contribution in [0.2, 0.25) is 0 Å². The van der Waals surface area contributed by atoms with E-state index in [1.54, 1.807) is 18.3 Å². The number of allylic oxidation sites excluding steroid dienone is 3. The maximum Gasteiger partial charge on any atom is 0.231 e. The van der Waals surface area contributed by atoms with Gasteiger partial charge in [0.2, 0.25) is 5.91 Å². The first kappa shape index (κ1) is 23.9. The van der Waals surface area contributed by atoms with Crippen molar-refractivity contribution in [1.82, 2.24) is 25.3 Å². The summed E-state index contributed by atoms with van der Waals surface area (Å²) in [5.41, 5.74) is 12.9. The average molecular weight is 458 g/mol. The van der Waals surface area contributed by atoms with Gasteiger partial charge in [-0.1, -0.05) is 5.21 Å². The maximum atomic E-state index is 14.1. The molecule has 1 amide bonds. The van der Waals surface area contributed by atoms with Crippen molar-refractivity contribution in [1.29, 1.82) is 0 Å². The summed E-state index contributed by atoms with van der Waals surface area (Å²) < 4.78 is 21.2. The molecule has 2 heterocycles. The smallest absolute Gasteiger partial charge is 0.231 e. The van der Waals surface area contributed by atoms with Crippen molar-refractivity contribution in [3.63, 3.8) is 0 Å². The van der Waals surface area contributed by atoms with Gasteiger partial charge >= 0.3 is 0 Å². The molecule has 2 aromatic rings. The number of amides is 1. The number of aromatic nitrogens is 4. The van der Waals surface area contributed by atoms with E-state index in [-0.39, 0.29) is 49.3 Å². The normalized spacial score (nSPS) is 15.5. The third kappa shape index (κ3) is 8.02. The lowest BCUT2D eigenvalue weighted by atomic mass is 9.96. The molecule has 0 aliphatic heterocycles. The number of pyridine rings is 1. The number of nitrogens with zero attached hydrogens (tertiary/aromatic N) is 4. The van der Waals surface area contributed by atoms with Crippen LogP contribution in [0.1, 0.15) is 48.3 Å². The Morgan fingerprint density at radius 2 is 2.18 bits per heavy atom. The molecule has 1 saturated carbocycles. The van der Waals surface area contributed by atoms with E-state index in [4.69, 9.17) is 16.2 Å². The number of alkyl halides is 1. The van der Waals surface area contributed by atoms with E-state index in [0.29, 0.717) is 23.4 Å². The van der Waals surface area contributed by atoms with Crippen LogP contribution in [0.5, 0.6) is 5.75 Å². The number of rotatable bonds is 12. The molecule has 176 valence electrons. The van der Waals surface area contributed by atoms with E-state index in [9.17, 15) is 14.0 Å². The third-order valence-corrected chi connectivity index (χ3v) is 5.05. The fourth-order valence-electron chi connectivity index (χ4n) is 3.07. The Labute approximate surface area is 190 Å². The van der Waals surface area contributed by atoms with Crippen LogP contribution in [0.4, 0.5) is 4.39 Å². The number of ether oxygens (including phenoxy) is 1. The summed E-state index contributed by atoms with van der Waals surface area (Å²) in [4.78, 5) is 27.0. The molecule has 1 aliphatic carbocycles. The van der Waals surface area contributed by atoms with Crippen molar-refractivity contribution in [3.05, 3.63) is 59.6 Å². The number of hydrogen-bond acceptors (Lipinski definition) is 8. The summed E-state index contributed by atoms with van der Waals surface area (Å²) in [6, 6.07) is 3.53. The molecule has 1 atom stereocenters. The Hall–Kier alpha value is -3.76. The van der Waals surface area contributed by atoms with Crippen LogP contribution in [0.25, 0.3) is 0 Å². The minimum atomic E-state index is -1.21. The SMILES string of the molecule is N/C(=C\C=C(/N)NC(=O)Cc1cc(OC2CCC2)ccn1)CCC(F)Cn1cc(C=O)nn1. The van der Waals surface area contributed by atoms with Gasteiger partial charge in [0.25, 0.3) is 0 Å². The summed E-state index contributed by atoms with van der Waals surface area (Å²) >= 11 is 0. The second-order valence-electron chi connectivity index (χ2n) is 7.86. The number of halogens is 1. The molecule has 10 nitrogen and oxygen atoms in total. The van der Waals surface area contributed by atoms with Crippen LogP contribution in [-0.2, 0) is 17.8 Å². The van der Waals surface area contributed by atoms with Crippen molar-refractivity contribution in [2.75, 3.05) is 0 Å². The van der Waals surface area contributed by atoms with Crippen molar-refractivity contribution in [2.45, 2.75) is 57.3 Å². The largest absolute Gasteiger partial charge is 0.490 e. The zero-order valence-corrected chi connectivity index (χ0v) is 18.2. The second-order valence-corrected chi connectivity index (χ2v) is 7.86. The highest BCUT2D eigenvalue weighted by atomic mass is 19.1. The van der Waals surface area contributed by atoms with E-state index in [1.807, 2.05) is 0 Å². The summed E-state index contributed by atoms with van der Waals surface area (Å²) in [7, 11) is 0. The number of nitrogens with one attached hydrogen (secondary N) is 1. The molecule has 1 unspecified atom stereocenters. The van der Waals surface area contributed by atoms with Gasteiger partial charge in [-0.2, -0.15) is 0 Å². The molecule has 0 spiro atoms. The van der Waals surface area contributed by atoms with Gasteiger partial charge in [-0.3, -0.25) is 14.6 Å². The van der Waals surface area contributed by atoms with Crippen LogP contribution < -0.4 is 21.5 Å². The van der Waals surface area contributed by atoms with Crippen molar-refractivity contribution in [2.24, 2.45) is 11.5 Å². The van der Waals surface area contributed by atoms with Crippen LogP contribution in [0.3, 0.4) is 0 Å². The highest BCUT2D eigenvalue weighted by Crippen LogP contribution is 2.25. The molecule has 11 heteroatoms. The van der Waals surface area contributed by atoms with Gasteiger partial charge in [-0.25, -0.2) is 9.07 Å². The third-order valence-electron chi connectivity index (χ3n) is 5.05. The fourth-order valence-corrected chi connectivity index (χ4v) is 3.07. The number of hydrogen-bond donors (Lipinski definition) is 3. The van der Waals surface area contributed by atoms with Crippen LogP contribution in [0.15, 0.2) is 48.2 Å². The van der Waals surface area contributed by atoms with Gasteiger partial charge in [0.05, 0.1) is 31.0 Å². The summed E-state index contributed by atoms with van der Waals surface area (Å²) in [5.74, 6) is 0.497. The van der Waals surface area contributed by atoms with Gasteiger partial charge < -0.3 is 21.5 Å². The molecule has 0 saturated heterocycles. The van der Waals surface area contributed by atoms with E-state index < -0.39 is 6.17 Å². The van der Waals surface area contributed by atoms with E-state index in [2.05, 4.69) is 20.6 Å². The maximum absolute atomic E-state index is 14.1. The summed E-state index contributed by atoms with van der Waals surface area (Å²) in [6.45, 7) is -0.0247. The van der Waals surface area contributed by atoms with E-state index >= 15 is 0 Å². The highest BCUT2D eigenvalue weighted by molar-refractivity contribution is 5.79. The Bertz CT molecular complexity index is 1020. The van der Waals surface area contributed by atoms with Crippen LogP contribution in [0, 0.1) is 0 Å². The first-order valence-electron chi connectivity index (χ1n) is 10.7. The zero-order chi connectivity index (χ0) is 23.6. The van der Waals surface area contributed by atoms with Gasteiger partial charge in [-0.05, 0) is 50.3 Å². The van der Waals surface area contributed by atoms with Crippen molar-refractivity contribution >= 4 is 12.2 Å². The van der Waals surface area contributed by atoms with E-state index in [0.717, 1.165) is 12.8 Å². The van der Waals surface area contributed by atoms with Gasteiger partial charge in [0.1, 0.15) is 23.4 Å². The quantitative estimate of drug-likeness (QED) is 0.321. The molecule has 5 N–H and O–H groups in total. The molecule has 0 bridgehead atoms. The van der Waals surface area contributed by atoms with Gasteiger partial charge in [0, 0.05) is 18.0 Å². The van der Waals surface area contributed by atoms with Crippen molar-refractivity contribution in [3.8, 4) is 5.75 Å². The lowest BCUT2D eigenvalue weighted by Crippen LogP contribution is -2.29. The Balaban J connectivity index is 1.41. The lowest BCUT2D eigenvalue weighted by molar-refractivity contribution is -0.119. The first-order chi connectivity index (χ1) is 15.9. The van der Waals surface area contributed by atoms with Gasteiger partial charge in [-0.15, -0.1) is 5.10 Å². The molecule has 1 fully saturated rings. The number of nitrogens with two attached hydrogens (primary N) is 2. The standard InChI is InChI=1S/C22H28FN7O3/c23-15(12-30-13-18(14-31)28-29-30)4-5-16(24)6-7-21(25)27-22(32)11-17-10-20(8-9-26-17)33-19-2-1-3-19/h6-10,13-15,19H,1-5,11-12,24-25H2,(H,27,32)/b16-6-,21-7+. The predicted octanol–water partition coefficient (Wildman–Crippen LogP) is 1.54. The fraction of sp³-hybridized carbons (Fsp3) is 0.409. The number of carbonyl (C=O) groups is 2. The Morgan fingerprint density at radius 3 is 2.88 bits per heavy atom. The molecule has 33 heavy (non-hydrogen) atoms. The lowest BCUT2D eigenvalue weighted by Gasteiger charge is -2.26. The zero-order valence-electron chi connectivity index (χ0n) is 18.2.